The highest BCUT2D eigenvalue weighted by molar-refractivity contribution is 5.89. The summed E-state index contributed by atoms with van der Waals surface area (Å²) in [5.41, 5.74) is 1.23. The fraction of sp³-hybridized carbons (Fsp3) is 0.375. The molecule has 0 radical (unpaired) electrons. The zero-order chi connectivity index (χ0) is 15.2. The van der Waals surface area contributed by atoms with Crippen LogP contribution in [0.4, 0.5) is 0 Å². The molecule has 2 aromatic rings. The molecule has 0 aliphatic heterocycles. The Balaban J connectivity index is 1.86. The first-order valence-electron chi connectivity index (χ1n) is 7.04. The quantitative estimate of drug-likeness (QED) is 0.848. The molecule has 0 bridgehead atoms. The van der Waals surface area contributed by atoms with Gasteiger partial charge < -0.3 is 14.6 Å². The van der Waals surface area contributed by atoms with E-state index in [1.807, 2.05) is 43.2 Å². The summed E-state index contributed by atoms with van der Waals surface area (Å²) in [6.45, 7) is 1.55. The summed E-state index contributed by atoms with van der Waals surface area (Å²) in [6, 6.07) is 7.16. The molecule has 0 atom stereocenters. The van der Waals surface area contributed by atoms with Gasteiger partial charge in [-0.15, -0.1) is 0 Å². The molecule has 0 fully saturated rings. The van der Waals surface area contributed by atoms with Crippen LogP contribution in [-0.2, 0) is 20.0 Å². The number of carbonyl (C=O) groups is 1. The third-order valence-electron chi connectivity index (χ3n) is 3.55. The first-order valence-corrected chi connectivity index (χ1v) is 7.04. The molecule has 2 rings (SSSR count). The smallest absolute Gasteiger partial charge is 0.336 e. The zero-order valence-corrected chi connectivity index (χ0v) is 12.5. The normalized spacial score (nSPS) is 11.0. The number of benzene rings is 1. The van der Waals surface area contributed by atoms with Gasteiger partial charge in [0.15, 0.2) is 0 Å². The second kappa shape index (κ2) is 7.04. The molecule has 112 valence electrons. The molecule has 21 heavy (non-hydrogen) atoms. The number of rotatable bonds is 7. The van der Waals surface area contributed by atoms with Crippen LogP contribution in [0.25, 0.3) is 0 Å². The molecule has 0 aliphatic carbocycles. The van der Waals surface area contributed by atoms with E-state index in [9.17, 15) is 9.90 Å². The van der Waals surface area contributed by atoms with Gasteiger partial charge in [0.2, 0.25) is 0 Å². The lowest BCUT2D eigenvalue weighted by atomic mass is 10.1. The standard InChI is InChI=1S/C16H21N3O2/c1-18(10-5-8-15-17-9-11-19(15)2)12-13-6-3-4-7-14(13)16(20)21/h3-4,6-7,9,11H,5,8,10,12H2,1-2H3,(H,20,21). The molecule has 5 heteroatoms. The van der Waals surface area contributed by atoms with Gasteiger partial charge in [-0.25, -0.2) is 9.78 Å². The van der Waals surface area contributed by atoms with Crippen molar-refractivity contribution in [3.63, 3.8) is 0 Å². The van der Waals surface area contributed by atoms with E-state index in [1.54, 1.807) is 12.1 Å². The van der Waals surface area contributed by atoms with Crippen LogP contribution in [0.3, 0.4) is 0 Å². The van der Waals surface area contributed by atoms with Crippen molar-refractivity contribution in [3.8, 4) is 0 Å². The predicted octanol–water partition coefficient (Wildman–Crippen LogP) is 2.18. The van der Waals surface area contributed by atoms with Gasteiger partial charge in [-0.05, 0) is 31.6 Å². The van der Waals surface area contributed by atoms with Gasteiger partial charge in [-0.2, -0.15) is 0 Å². The van der Waals surface area contributed by atoms with Crippen LogP contribution in [0.5, 0.6) is 0 Å². The number of imidazole rings is 1. The maximum Gasteiger partial charge on any atom is 0.336 e. The molecule has 0 spiro atoms. The molecule has 1 heterocycles. The summed E-state index contributed by atoms with van der Waals surface area (Å²) in [6.07, 6.45) is 5.68. The highest BCUT2D eigenvalue weighted by Gasteiger charge is 2.10. The second-order valence-electron chi connectivity index (χ2n) is 5.26. The molecule has 1 aromatic heterocycles. The fourth-order valence-corrected chi connectivity index (χ4v) is 2.38. The Labute approximate surface area is 124 Å². The van der Waals surface area contributed by atoms with Crippen molar-refractivity contribution >= 4 is 5.97 Å². The minimum absolute atomic E-state index is 0.383. The number of hydrogen-bond donors (Lipinski definition) is 1. The molecule has 0 unspecified atom stereocenters. The van der Waals surface area contributed by atoms with Crippen molar-refractivity contribution in [2.45, 2.75) is 19.4 Å². The van der Waals surface area contributed by atoms with Gasteiger partial charge in [-0.3, -0.25) is 0 Å². The molecule has 0 saturated carbocycles. The van der Waals surface area contributed by atoms with Gasteiger partial charge in [0.05, 0.1) is 5.56 Å². The Hall–Kier alpha value is -2.14. The van der Waals surface area contributed by atoms with Crippen LogP contribution in [0.15, 0.2) is 36.7 Å². The molecule has 0 amide bonds. The summed E-state index contributed by atoms with van der Waals surface area (Å²) < 4.78 is 2.03. The monoisotopic (exact) mass is 287 g/mol. The van der Waals surface area contributed by atoms with E-state index >= 15 is 0 Å². The molecular weight excluding hydrogens is 266 g/mol. The first-order chi connectivity index (χ1) is 10.1. The Morgan fingerprint density at radius 3 is 2.81 bits per heavy atom. The van der Waals surface area contributed by atoms with Crippen molar-refractivity contribution in [2.24, 2.45) is 7.05 Å². The Morgan fingerprint density at radius 1 is 1.38 bits per heavy atom. The fourth-order valence-electron chi connectivity index (χ4n) is 2.38. The lowest BCUT2D eigenvalue weighted by molar-refractivity contribution is 0.0694. The topological polar surface area (TPSA) is 58.4 Å². The molecule has 5 nitrogen and oxygen atoms in total. The zero-order valence-electron chi connectivity index (χ0n) is 12.5. The van der Waals surface area contributed by atoms with E-state index in [0.717, 1.165) is 30.8 Å². The maximum absolute atomic E-state index is 11.2. The average Bonchev–Trinajstić information content (AvgIpc) is 2.85. The van der Waals surface area contributed by atoms with Crippen LogP contribution < -0.4 is 0 Å². The van der Waals surface area contributed by atoms with Crippen molar-refractivity contribution in [1.82, 2.24) is 14.5 Å². The van der Waals surface area contributed by atoms with E-state index in [1.165, 1.54) is 0 Å². The SMILES string of the molecule is CN(CCCc1nccn1C)Cc1ccccc1C(=O)O. The first kappa shape index (κ1) is 15.3. The summed E-state index contributed by atoms with van der Waals surface area (Å²) in [5, 5.41) is 9.18. The number of aryl methyl sites for hydroxylation is 2. The highest BCUT2D eigenvalue weighted by atomic mass is 16.4. The van der Waals surface area contributed by atoms with Gasteiger partial charge >= 0.3 is 5.97 Å². The van der Waals surface area contributed by atoms with Crippen LogP contribution in [0, 0.1) is 0 Å². The van der Waals surface area contributed by atoms with Gasteiger partial charge in [0, 0.05) is 32.4 Å². The number of carboxylic acids is 1. The third kappa shape index (κ3) is 4.16. The second-order valence-corrected chi connectivity index (χ2v) is 5.26. The van der Waals surface area contributed by atoms with Crippen molar-refractivity contribution in [1.29, 1.82) is 0 Å². The van der Waals surface area contributed by atoms with E-state index in [-0.39, 0.29) is 0 Å². The van der Waals surface area contributed by atoms with Crippen LogP contribution in [0.1, 0.15) is 28.2 Å². The van der Waals surface area contributed by atoms with Gasteiger partial charge in [-0.1, -0.05) is 18.2 Å². The minimum Gasteiger partial charge on any atom is -0.478 e. The van der Waals surface area contributed by atoms with Crippen LogP contribution >= 0.6 is 0 Å². The van der Waals surface area contributed by atoms with Gasteiger partial charge in [0.25, 0.3) is 0 Å². The summed E-state index contributed by atoms with van der Waals surface area (Å²) >= 11 is 0. The molecule has 1 N–H and O–H groups in total. The predicted molar refractivity (Wildman–Crippen MR) is 81.3 cm³/mol. The third-order valence-corrected chi connectivity index (χ3v) is 3.55. The summed E-state index contributed by atoms with van der Waals surface area (Å²) in [7, 11) is 4.01. The Morgan fingerprint density at radius 2 is 2.14 bits per heavy atom. The number of hydrogen-bond acceptors (Lipinski definition) is 3. The Kier molecular flexibility index (Phi) is 5.11. The summed E-state index contributed by atoms with van der Waals surface area (Å²) in [4.78, 5) is 17.6. The number of carboxylic acid groups (broad SMARTS) is 1. The molecule has 1 aromatic carbocycles. The molecule has 0 saturated heterocycles. The number of aromatic nitrogens is 2. The maximum atomic E-state index is 11.2. The van der Waals surface area contributed by atoms with E-state index in [2.05, 4.69) is 9.88 Å². The van der Waals surface area contributed by atoms with Crippen molar-refractivity contribution in [3.05, 3.63) is 53.6 Å². The van der Waals surface area contributed by atoms with E-state index < -0.39 is 5.97 Å². The molecule has 0 aliphatic rings. The van der Waals surface area contributed by atoms with E-state index in [4.69, 9.17) is 0 Å². The van der Waals surface area contributed by atoms with Crippen LogP contribution in [-0.4, -0.2) is 39.1 Å². The minimum atomic E-state index is -0.869. The lowest BCUT2D eigenvalue weighted by Crippen LogP contribution is -2.21. The molecular formula is C16H21N3O2. The van der Waals surface area contributed by atoms with Crippen molar-refractivity contribution < 1.29 is 9.90 Å². The Bertz CT molecular complexity index is 607. The van der Waals surface area contributed by atoms with Crippen LogP contribution in [0.2, 0.25) is 0 Å². The van der Waals surface area contributed by atoms with Gasteiger partial charge in [0.1, 0.15) is 5.82 Å². The summed E-state index contributed by atoms with van der Waals surface area (Å²) in [5.74, 6) is 0.210. The average molecular weight is 287 g/mol. The lowest BCUT2D eigenvalue weighted by Gasteiger charge is -2.17. The highest BCUT2D eigenvalue weighted by Crippen LogP contribution is 2.11. The van der Waals surface area contributed by atoms with E-state index in [0.29, 0.717) is 12.1 Å². The number of nitrogens with zero attached hydrogens (tertiary/aromatic N) is 3. The number of aromatic carboxylic acids is 1. The largest absolute Gasteiger partial charge is 0.478 e. The van der Waals surface area contributed by atoms with Crippen molar-refractivity contribution in [2.75, 3.05) is 13.6 Å².